The van der Waals surface area contributed by atoms with E-state index in [2.05, 4.69) is 20.1 Å². The van der Waals surface area contributed by atoms with Gasteiger partial charge in [0.05, 0.1) is 24.0 Å². The SMILES string of the molecule is COC(C)/C=C(\C=C(/C)OC(F)(F)F)c1cc(C(=O)N2CCNC(=O)C2)nn1-c1ccnc(Cl)c1. The Morgan fingerprint density at radius 3 is 2.71 bits per heavy atom. The van der Waals surface area contributed by atoms with Gasteiger partial charge in [-0.05, 0) is 38.1 Å². The van der Waals surface area contributed by atoms with E-state index in [0.29, 0.717) is 12.2 Å². The lowest BCUT2D eigenvalue weighted by Gasteiger charge is -2.25. The maximum atomic E-state index is 13.1. The first-order valence-electron chi connectivity index (χ1n) is 10.4. The quantitative estimate of drug-likeness (QED) is 0.346. The van der Waals surface area contributed by atoms with Gasteiger partial charge in [0.1, 0.15) is 10.9 Å². The monoisotopic (exact) mass is 513 g/mol. The molecule has 1 aliphatic heterocycles. The summed E-state index contributed by atoms with van der Waals surface area (Å²) in [5.74, 6) is -1.25. The van der Waals surface area contributed by atoms with Crippen molar-refractivity contribution in [1.29, 1.82) is 0 Å². The Kier molecular flexibility index (Phi) is 8.18. The molecule has 3 heterocycles. The normalized spacial score (nSPS) is 16.2. The van der Waals surface area contributed by atoms with Crippen LogP contribution in [0.4, 0.5) is 13.2 Å². The number of alkyl halides is 3. The molecule has 0 aromatic carbocycles. The highest BCUT2D eigenvalue weighted by Crippen LogP contribution is 2.27. The first kappa shape index (κ1) is 26.2. The number of ether oxygens (including phenoxy) is 2. The molecule has 2 amide bonds. The summed E-state index contributed by atoms with van der Waals surface area (Å²) in [4.78, 5) is 30.1. The number of hydrogen-bond donors (Lipinski definition) is 1. The van der Waals surface area contributed by atoms with Gasteiger partial charge in [-0.15, -0.1) is 13.2 Å². The standard InChI is InChI=1S/C22H23ClF3N5O4/c1-13(34-3)8-15(9-14(2)35-22(24,25)26)18-11-17(21(33)30-7-6-28-20(32)12-30)29-31(18)16-4-5-27-19(23)10-16/h4-5,8-11,13H,6-7,12H2,1-3H3,(H,28,32)/b14-9+,15-8+. The molecule has 2 aromatic heterocycles. The summed E-state index contributed by atoms with van der Waals surface area (Å²) in [7, 11) is 1.44. The Labute approximate surface area is 204 Å². The van der Waals surface area contributed by atoms with Gasteiger partial charge < -0.3 is 19.7 Å². The Balaban J connectivity index is 2.15. The lowest BCUT2D eigenvalue weighted by molar-refractivity contribution is -0.305. The number of allylic oxidation sites excluding steroid dienone is 3. The van der Waals surface area contributed by atoms with Crippen LogP contribution in [0.2, 0.25) is 5.15 Å². The van der Waals surface area contributed by atoms with Crippen molar-refractivity contribution < 1.29 is 32.2 Å². The minimum absolute atomic E-state index is 0.0126. The second-order valence-corrected chi connectivity index (χ2v) is 7.99. The van der Waals surface area contributed by atoms with Crippen LogP contribution in [0.5, 0.6) is 0 Å². The number of nitrogens with zero attached hydrogens (tertiary/aromatic N) is 4. The van der Waals surface area contributed by atoms with Gasteiger partial charge in [0.2, 0.25) is 5.91 Å². The fraction of sp³-hybridized carbons (Fsp3) is 0.364. The van der Waals surface area contributed by atoms with Crippen LogP contribution in [-0.4, -0.2) is 70.7 Å². The van der Waals surface area contributed by atoms with E-state index in [-0.39, 0.29) is 41.1 Å². The number of halogens is 4. The molecule has 1 fully saturated rings. The molecular weight excluding hydrogens is 491 g/mol. The van der Waals surface area contributed by atoms with Crippen LogP contribution in [0.1, 0.15) is 30.0 Å². The molecule has 0 radical (unpaired) electrons. The van der Waals surface area contributed by atoms with E-state index in [1.165, 1.54) is 41.1 Å². The van der Waals surface area contributed by atoms with Crippen molar-refractivity contribution in [2.75, 3.05) is 26.7 Å². The third-order valence-electron chi connectivity index (χ3n) is 4.93. The Bertz CT molecular complexity index is 1160. The van der Waals surface area contributed by atoms with Crippen molar-refractivity contribution >= 4 is 29.0 Å². The predicted molar refractivity (Wildman–Crippen MR) is 121 cm³/mol. The van der Waals surface area contributed by atoms with E-state index in [1.807, 2.05) is 0 Å². The van der Waals surface area contributed by atoms with Gasteiger partial charge in [0.15, 0.2) is 5.69 Å². The van der Waals surface area contributed by atoms with E-state index >= 15 is 0 Å². The minimum Gasteiger partial charge on any atom is -0.411 e. The molecule has 35 heavy (non-hydrogen) atoms. The molecule has 1 saturated heterocycles. The summed E-state index contributed by atoms with van der Waals surface area (Å²) >= 11 is 6.03. The second kappa shape index (κ2) is 10.9. The zero-order valence-electron chi connectivity index (χ0n) is 19.1. The van der Waals surface area contributed by atoms with Crippen LogP contribution in [-0.2, 0) is 14.3 Å². The van der Waals surface area contributed by atoms with Crippen LogP contribution in [0.15, 0.2) is 42.3 Å². The van der Waals surface area contributed by atoms with Crippen LogP contribution in [0.3, 0.4) is 0 Å². The van der Waals surface area contributed by atoms with E-state index < -0.39 is 24.1 Å². The molecule has 1 atom stereocenters. The number of piperazine rings is 1. The number of aromatic nitrogens is 3. The Morgan fingerprint density at radius 2 is 2.09 bits per heavy atom. The highest BCUT2D eigenvalue weighted by atomic mass is 35.5. The minimum atomic E-state index is -4.88. The molecule has 0 spiro atoms. The van der Waals surface area contributed by atoms with Crippen molar-refractivity contribution in [1.82, 2.24) is 25.0 Å². The summed E-state index contributed by atoms with van der Waals surface area (Å²) in [6.07, 6.45) is -1.24. The Morgan fingerprint density at radius 1 is 1.34 bits per heavy atom. The van der Waals surface area contributed by atoms with Crippen LogP contribution >= 0.6 is 11.6 Å². The first-order chi connectivity index (χ1) is 16.5. The third kappa shape index (κ3) is 7.06. The van der Waals surface area contributed by atoms with E-state index in [0.717, 1.165) is 6.92 Å². The van der Waals surface area contributed by atoms with Gasteiger partial charge in [-0.25, -0.2) is 9.67 Å². The van der Waals surface area contributed by atoms with E-state index in [9.17, 15) is 22.8 Å². The molecule has 1 N–H and O–H groups in total. The summed E-state index contributed by atoms with van der Waals surface area (Å²) in [6, 6.07) is 4.49. The largest absolute Gasteiger partial charge is 0.572 e. The highest BCUT2D eigenvalue weighted by Gasteiger charge is 2.31. The number of methoxy groups -OCH3 is 1. The molecule has 188 valence electrons. The summed E-state index contributed by atoms with van der Waals surface area (Å²) < 4.78 is 49.0. The molecule has 1 aliphatic rings. The van der Waals surface area contributed by atoms with Crippen LogP contribution in [0.25, 0.3) is 11.3 Å². The lowest BCUT2D eigenvalue weighted by Crippen LogP contribution is -2.50. The van der Waals surface area contributed by atoms with Crippen molar-refractivity contribution in [3.63, 3.8) is 0 Å². The number of carbonyl (C=O) groups excluding carboxylic acids is 2. The second-order valence-electron chi connectivity index (χ2n) is 7.61. The fourth-order valence-electron chi connectivity index (χ4n) is 3.35. The zero-order valence-corrected chi connectivity index (χ0v) is 19.9. The van der Waals surface area contributed by atoms with Gasteiger partial charge in [-0.1, -0.05) is 11.6 Å². The van der Waals surface area contributed by atoms with Gasteiger partial charge >= 0.3 is 6.36 Å². The average Bonchev–Trinajstić information content (AvgIpc) is 3.22. The fourth-order valence-corrected chi connectivity index (χ4v) is 3.51. The Hall–Kier alpha value is -3.38. The van der Waals surface area contributed by atoms with E-state index in [4.69, 9.17) is 16.3 Å². The molecular formula is C22H23ClF3N5O4. The third-order valence-corrected chi connectivity index (χ3v) is 5.13. The molecule has 9 nitrogen and oxygen atoms in total. The van der Waals surface area contributed by atoms with Crippen LogP contribution < -0.4 is 5.32 Å². The first-order valence-corrected chi connectivity index (χ1v) is 10.8. The number of rotatable bonds is 7. The van der Waals surface area contributed by atoms with Gasteiger partial charge in [-0.3, -0.25) is 9.59 Å². The average molecular weight is 514 g/mol. The van der Waals surface area contributed by atoms with Crippen molar-refractivity contribution in [3.8, 4) is 5.69 Å². The number of nitrogens with one attached hydrogen (secondary N) is 1. The summed E-state index contributed by atoms with van der Waals surface area (Å²) in [6.45, 7) is 3.29. The number of amides is 2. The van der Waals surface area contributed by atoms with Crippen molar-refractivity contribution in [3.05, 3.63) is 58.8 Å². The predicted octanol–water partition coefficient (Wildman–Crippen LogP) is 3.35. The number of pyridine rings is 1. The summed E-state index contributed by atoms with van der Waals surface area (Å²) in [5.41, 5.74) is 0.915. The van der Waals surface area contributed by atoms with Crippen molar-refractivity contribution in [2.24, 2.45) is 0 Å². The molecule has 0 aliphatic carbocycles. The van der Waals surface area contributed by atoms with E-state index in [1.54, 1.807) is 19.1 Å². The van der Waals surface area contributed by atoms with Crippen LogP contribution in [0, 0.1) is 0 Å². The maximum absolute atomic E-state index is 13.1. The lowest BCUT2D eigenvalue weighted by atomic mass is 10.1. The zero-order chi connectivity index (χ0) is 25.8. The van der Waals surface area contributed by atoms with Gasteiger partial charge in [-0.2, -0.15) is 5.10 Å². The number of carbonyl (C=O) groups is 2. The van der Waals surface area contributed by atoms with Gasteiger partial charge in [0, 0.05) is 38.0 Å². The molecule has 1 unspecified atom stereocenters. The smallest absolute Gasteiger partial charge is 0.411 e. The summed E-state index contributed by atoms with van der Waals surface area (Å²) in [5, 5.41) is 7.17. The maximum Gasteiger partial charge on any atom is 0.572 e. The van der Waals surface area contributed by atoms with Crippen molar-refractivity contribution in [2.45, 2.75) is 26.3 Å². The molecule has 0 saturated carbocycles. The van der Waals surface area contributed by atoms with Gasteiger partial charge in [0.25, 0.3) is 5.91 Å². The number of hydrogen-bond acceptors (Lipinski definition) is 6. The highest BCUT2D eigenvalue weighted by molar-refractivity contribution is 6.29. The molecule has 2 aromatic rings. The topological polar surface area (TPSA) is 98.6 Å². The molecule has 13 heteroatoms. The molecule has 3 rings (SSSR count). The molecule has 0 bridgehead atoms.